The standard InChI is InChI=1S/C31H47N3O7SSi/c1-9-43(10-2,11-3)18-12-13-27(21-39-30(35)23(4)5)34-20-26(32-33-34)19-28(22-40-31(36)24(6)7)41-42(37,38)29-16-14-25(8)15-17-29/h14-17,20,23-24,27-28H,9-11,13,19,21-22H2,1-8H3/t27-,28+/m1/s1. The number of benzene rings is 1. The molecule has 2 aromatic rings. The third-order valence-corrected chi connectivity index (χ3v) is 13.6. The molecular weight excluding hydrogens is 587 g/mol. The number of hydrogen-bond donors (Lipinski definition) is 0. The van der Waals surface area contributed by atoms with E-state index in [1.54, 1.807) is 50.7 Å². The highest BCUT2D eigenvalue weighted by Crippen LogP contribution is 2.21. The van der Waals surface area contributed by atoms with Crippen LogP contribution in [-0.2, 0) is 39.8 Å². The van der Waals surface area contributed by atoms with Crippen molar-refractivity contribution in [2.75, 3.05) is 13.2 Å². The summed E-state index contributed by atoms with van der Waals surface area (Å²) in [6.07, 6.45) is 1.05. The van der Waals surface area contributed by atoms with Gasteiger partial charge in [-0.15, -0.1) is 16.6 Å². The summed E-state index contributed by atoms with van der Waals surface area (Å²) in [5.41, 5.74) is 4.90. The average Bonchev–Trinajstić information content (AvgIpc) is 3.43. The largest absolute Gasteiger partial charge is 0.463 e. The van der Waals surface area contributed by atoms with Crippen LogP contribution in [0.15, 0.2) is 35.4 Å². The Morgan fingerprint density at radius 1 is 0.930 bits per heavy atom. The van der Waals surface area contributed by atoms with Gasteiger partial charge in [-0.05, 0) is 37.2 Å². The summed E-state index contributed by atoms with van der Waals surface area (Å²) in [5.74, 6) is 1.89. The average molecular weight is 634 g/mol. The predicted molar refractivity (Wildman–Crippen MR) is 167 cm³/mol. The van der Waals surface area contributed by atoms with Crippen LogP contribution in [-0.4, -0.2) is 62.7 Å². The molecule has 0 N–H and O–H groups in total. The SMILES string of the molecule is CC[Si](C#CC[C@H](COC(=O)C(C)C)n1cc(C[C@@H](COC(=O)C(C)C)OS(=O)(=O)c2ccc(C)cc2)nn1)(CC)CC. The third-order valence-electron chi connectivity index (χ3n) is 7.43. The lowest BCUT2D eigenvalue weighted by atomic mass is 10.2. The van der Waals surface area contributed by atoms with Crippen molar-refractivity contribution in [3.8, 4) is 11.5 Å². The van der Waals surface area contributed by atoms with E-state index < -0.39 is 30.3 Å². The van der Waals surface area contributed by atoms with Crippen molar-refractivity contribution in [2.45, 2.75) is 103 Å². The monoisotopic (exact) mass is 633 g/mol. The first-order chi connectivity index (χ1) is 20.3. The zero-order valence-electron chi connectivity index (χ0n) is 26.8. The molecule has 12 heteroatoms. The van der Waals surface area contributed by atoms with Crippen molar-refractivity contribution in [2.24, 2.45) is 11.8 Å². The van der Waals surface area contributed by atoms with Crippen LogP contribution < -0.4 is 0 Å². The molecule has 0 fully saturated rings. The Morgan fingerprint density at radius 2 is 1.49 bits per heavy atom. The molecule has 0 aliphatic carbocycles. The van der Waals surface area contributed by atoms with Crippen LogP contribution in [0.5, 0.6) is 0 Å². The van der Waals surface area contributed by atoms with E-state index >= 15 is 0 Å². The summed E-state index contributed by atoms with van der Waals surface area (Å²) in [7, 11) is -5.83. The molecule has 0 aliphatic rings. The van der Waals surface area contributed by atoms with E-state index in [2.05, 4.69) is 42.5 Å². The Bertz CT molecular complexity index is 1350. The molecule has 0 spiro atoms. The van der Waals surface area contributed by atoms with E-state index in [1.165, 1.54) is 12.1 Å². The Labute approximate surface area is 258 Å². The second-order valence-electron chi connectivity index (χ2n) is 11.4. The molecule has 0 bridgehead atoms. The summed E-state index contributed by atoms with van der Waals surface area (Å²) in [5, 5.41) is 8.50. The summed E-state index contributed by atoms with van der Waals surface area (Å²) in [4.78, 5) is 24.4. The predicted octanol–water partition coefficient (Wildman–Crippen LogP) is 5.28. The molecular formula is C31H47N3O7SSi. The van der Waals surface area contributed by atoms with Gasteiger partial charge in [-0.25, -0.2) is 4.68 Å². The van der Waals surface area contributed by atoms with Crippen molar-refractivity contribution < 1.29 is 31.7 Å². The molecule has 0 saturated heterocycles. The van der Waals surface area contributed by atoms with E-state index in [0.29, 0.717) is 12.1 Å². The van der Waals surface area contributed by atoms with Crippen LogP contribution in [0, 0.1) is 30.2 Å². The second-order valence-corrected chi connectivity index (χ2v) is 18.0. The maximum absolute atomic E-state index is 13.0. The van der Waals surface area contributed by atoms with Gasteiger partial charge in [0.15, 0.2) is 0 Å². The Morgan fingerprint density at radius 3 is 2.02 bits per heavy atom. The second kappa shape index (κ2) is 16.7. The fourth-order valence-electron chi connectivity index (χ4n) is 4.17. The molecule has 0 radical (unpaired) electrons. The number of rotatable bonds is 16. The summed E-state index contributed by atoms with van der Waals surface area (Å²) in [6.45, 7) is 15.1. The van der Waals surface area contributed by atoms with E-state index in [-0.39, 0.29) is 48.4 Å². The van der Waals surface area contributed by atoms with Gasteiger partial charge in [0.2, 0.25) is 0 Å². The Hall–Kier alpha value is -3.01. The minimum atomic E-state index is -4.15. The zero-order valence-corrected chi connectivity index (χ0v) is 28.6. The van der Waals surface area contributed by atoms with E-state index in [0.717, 1.165) is 23.7 Å². The van der Waals surface area contributed by atoms with Crippen molar-refractivity contribution >= 4 is 30.1 Å². The van der Waals surface area contributed by atoms with Crippen LogP contribution in [0.2, 0.25) is 18.1 Å². The fraction of sp³-hybridized carbons (Fsp3) is 0.613. The first-order valence-electron chi connectivity index (χ1n) is 15.0. The molecule has 0 amide bonds. The number of aromatic nitrogens is 3. The zero-order chi connectivity index (χ0) is 32.2. The van der Waals surface area contributed by atoms with Crippen LogP contribution in [0.25, 0.3) is 0 Å². The molecule has 1 aromatic heterocycles. The molecule has 1 heterocycles. The summed E-state index contributed by atoms with van der Waals surface area (Å²) < 4.78 is 44.1. The molecule has 2 atom stereocenters. The van der Waals surface area contributed by atoms with Crippen LogP contribution >= 0.6 is 0 Å². The Balaban J connectivity index is 2.32. The number of carbonyl (C=O) groups is 2. The van der Waals surface area contributed by atoms with Gasteiger partial charge in [0.1, 0.15) is 27.4 Å². The molecule has 0 aliphatic heterocycles. The molecule has 0 unspecified atom stereocenters. The molecule has 1 aromatic carbocycles. The maximum Gasteiger partial charge on any atom is 0.308 e. The van der Waals surface area contributed by atoms with E-state index in [4.69, 9.17) is 13.7 Å². The summed E-state index contributed by atoms with van der Waals surface area (Å²) >= 11 is 0. The quantitative estimate of drug-likeness (QED) is 0.105. The Kier molecular flexibility index (Phi) is 14.1. The highest BCUT2D eigenvalue weighted by molar-refractivity contribution is 7.86. The van der Waals surface area contributed by atoms with Gasteiger partial charge in [0, 0.05) is 19.0 Å². The van der Waals surface area contributed by atoms with Crippen molar-refractivity contribution in [1.82, 2.24) is 15.0 Å². The molecule has 0 saturated carbocycles. The number of nitrogens with zero attached hydrogens (tertiary/aromatic N) is 3. The third kappa shape index (κ3) is 11.2. The van der Waals surface area contributed by atoms with Gasteiger partial charge in [-0.3, -0.25) is 13.8 Å². The molecule has 43 heavy (non-hydrogen) atoms. The van der Waals surface area contributed by atoms with Crippen LogP contribution in [0.3, 0.4) is 0 Å². The summed E-state index contributed by atoms with van der Waals surface area (Å²) in [6, 6.07) is 9.12. The molecule has 2 rings (SSSR count). The molecule has 238 valence electrons. The van der Waals surface area contributed by atoms with Gasteiger partial charge in [0.05, 0.1) is 28.5 Å². The number of carbonyl (C=O) groups excluding carboxylic acids is 2. The molecule has 10 nitrogen and oxygen atoms in total. The smallest absolute Gasteiger partial charge is 0.308 e. The minimum absolute atomic E-state index is 0.00147. The van der Waals surface area contributed by atoms with Gasteiger partial charge in [-0.1, -0.05) is 71.4 Å². The highest BCUT2D eigenvalue weighted by Gasteiger charge is 2.27. The van der Waals surface area contributed by atoms with Crippen LogP contribution in [0.1, 0.15) is 72.2 Å². The lowest BCUT2D eigenvalue weighted by Gasteiger charge is -2.20. The van der Waals surface area contributed by atoms with E-state index in [1.807, 2.05) is 6.92 Å². The normalized spacial score (nSPS) is 13.3. The van der Waals surface area contributed by atoms with Crippen LogP contribution in [0.4, 0.5) is 0 Å². The highest BCUT2D eigenvalue weighted by atomic mass is 32.2. The number of esters is 2. The topological polar surface area (TPSA) is 127 Å². The maximum atomic E-state index is 13.0. The van der Waals surface area contributed by atoms with E-state index in [9.17, 15) is 18.0 Å². The fourth-order valence-corrected chi connectivity index (χ4v) is 7.74. The van der Waals surface area contributed by atoms with Gasteiger partial charge in [-0.2, -0.15) is 8.42 Å². The van der Waals surface area contributed by atoms with Gasteiger partial charge < -0.3 is 9.47 Å². The van der Waals surface area contributed by atoms with Gasteiger partial charge in [0.25, 0.3) is 10.1 Å². The lowest BCUT2D eigenvalue weighted by Crippen LogP contribution is -2.29. The number of hydrogen-bond acceptors (Lipinski definition) is 9. The van der Waals surface area contributed by atoms with Crippen molar-refractivity contribution in [3.05, 3.63) is 41.7 Å². The number of aryl methyl sites for hydroxylation is 1. The lowest BCUT2D eigenvalue weighted by molar-refractivity contribution is -0.150. The minimum Gasteiger partial charge on any atom is -0.463 e. The number of ether oxygens (including phenoxy) is 2. The van der Waals surface area contributed by atoms with Crippen molar-refractivity contribution in [3.63, 3.8) is 0 Å². The first-order valence-corrected chi connectivity index (χ1v) is 19.0. The van der Waals surface area contributed by atoms with Gasteiger partial charge >= 0.3 is 11.9 Å². The first kappa shape index (κ1) is 36.2. The van der Waals surface area contributed by atoms with Crippen molar-refractivity contribution in [1.29, 1.82) is 0 Å².